The summed E-state index contributed by atoms with van der Waals surface area (Å²) in [4.78, 5) is 9.36. The van der Waals surface area contributed by atoms with Gasteiger partial charge in [0.2, 0.25) is 0 Å². The van der Waals surface area contributed by atoms with Gasteiger partial charge in [0.15, 0.2) is 0 Å². The molecule has 0 saturated heterocycles. The topological polar surface area (TPSA) is 67.3 Å². The van der Waals surface area contributed by atoms with Crippen molar-refractivity contribution in [1.82, 2.24) is 9.97 Å². The number of aliphatic hydroxyl groups is 1. The van der Waals surface area contributed by atoms with Crippen LogP contribution in [0.25, 0.3) is 10.2 Å². The molecule has 0 bridgehead atoms. The van der Waals surface area contributed by atoms with Crippen LogP contribution in [0.1, 0.15) is 18.6 Å². The number of ether oxygens (including phenoxy) is 1. The smallest absolute Gasteiger partial charge is 0.138 e. The molecule has 2 N–H and O–H groups in total. The van der Waals surface area contributed by atoms with Gasteiger partial charge in [-0.15, -0.1) is 11.3 Å². The SMILES string of the molecule is CC(OCC(O)CNc1ncnc2sccc12)c1ccccc1. The van der Waals surface area contributed by atoms with Crippen LogP contribution in [0.5, 0.6) is 0 Å². The third-order valence-corrected chi connectivity index (χ3v) is 4.40. The van der Waals surface area contributed by atoms with E-state index in [0.717, 1.165) is 21.6 Å². The van der Waals surface area contributed by atoms with Crippen LogP contribution in [0.15, 0.2) is 48.1 Å². The summed E-state index contributed by atoms with van der Waals surface area (Å²) >= 11 is 1.57. The van der Waals surface area contributed by atoms with Gasteiger partial charge in [0.25, 0.3) is 0 Å². The average molecular weight is 329 g/mol. The third kappa shape index (κ3) is 4.04. The van der Waals surface area contributed by atoms with Crippen LogP contribution in [0.2, 0.25) is 0 Å². The molecule has 0 saturated carbocycles. The number of benzene rings is 1. The second-order valence-corrected chi connectivity index (χ2v) is 6.18. The molecule has 0 aliphatic carbocycles. The Morgan fingerprint density at radius 2 is 2.04 bits per heavy atom. The molecule has 23 heavy (non-hydrogen) atoms. The van der Waals surface area contributed by atoms with E-state index in [1.165, 1.54) is 6.33 Å². The van der Waals surface area contributed by atoms with E-state index in [0.29, 0.717) is 6.54 Å². The van der Waals surface area contributed by atoms with E-state index in [4.69, 9.17) is 4.74 Å². The normalized spacial score (nSPS) is 13.8. The quantitative estimate of drug-likeness (QED) is 0.696. The zero-order valence-corrected chi connectivity index (χ0v) is 13.7. The molecule has 3 rings (SSSR count). The fourth-order valence-electron chi connectivity index (χ4n) is 2.28. The Labute approximate surface area is 139 Å². The van der Waals surface area contributed by atoms with Crippen LogP contribution >= 0.6 is 11.3 Å². The molecule has 6 heteroatoms. The predicted molar refractivity (Wildman–Crippen MR) is 92.7 cm³/mol. The van der Waals surface area contributed by atoms with Gasteiger partial charge in [-0.3, -0.25) is 0 Å². The Kier molecular flexibility index (Phi) is 5.17. The maximum absolute atomic E-state index is 10.1. The first kappa shape index (κ1) is 15.9. The van der Waals surface area contributed by atoms with Crippen molar-refractivity contribution in [1.29, 1.82) is 0 Å². The van der Waals surface area contributed by atoms with Gasteiger partial charge in [-0.1, -0.05) is 30.3 Å². The average Bonchev–Trinajstić information content (AvgIpc) is 3.07. The van der Waals surface area contributed by atoms with Gasteiger partial charge in [-0.25, -0.2) is 9.97 Å². The number of hydrogen-bond acceptors (Lipinski definition) is 6. The van der Waals surface area contributed by atoms with Gasteiger partial charge >= 0.3 is 0 Å². The Morgan fingerprint density at radius 3 is 2.87 bits per heavy atom. The Morgan fingerprint density at radius 1 is 1.22 bits per heavy atom. The number of rotatable bonds is 7. The van der Waals surface area contributed by atoms with E-state index in [1.807, 2.05) is 48.7 Å². The van der Waals surface area contributed by atoms with Crippen LogP contribution in [0, 0.1) is 0 Å². The minimum Gasteiger partial charge on any atom is -0.389 e. The van der Waals surface area contributed by atoms with E-state index < -0.39 is 6.10 Å². The van der Waals surface area contributed by atoms with Crippen molar-refractivity contribution in [2.24, 2.45) is 0 Å². The lowest BCUT2D eigenvalue weighted by molar-refractivity contribution is 0.00242. The fraction of sp³-hybridized carbons (Fsp3) is 0.294. The molecule has 2 aromatic heterocycles. The van der Waals surface area contributed by atoms with Gasteiger partial charge in [-0.05, 0) is 23.9 Å². The lowest BCUT2D eigenvalue weighted by Gasteiger charge is -2.17. The zero-order chi connectivity index (χ0) is 16.1. The van der Waals surface area contributed by atoms with Crippen molar-refractivity contribution in [2.45, 2.75) is 19.1 Å². The molecule has 0 fully saturated rings. The minimum atomic E-state index is -0.607. The standard InChI is InChI=1S/C17H19N3O2S/c1-12(13-5-3-2-4-6-13)22-10-14(21)9-18-16-15-7-8-23-17(15)20-11-19-16/h2-8,11-12,14,21H,9-10H2,1H3,(H,18,19,20). The first-order valence-corrected chi connectivity index (χ1v) is 8.38. The molecular weight excluding hydrogens is 310 g/mol. The molecule has 3 aromatic rings. The van der Waals surface area contributed by atoms with Crippen molar-refractivity contribution in [3.63, 3.8) is 0 Å². The second-order valence-electron chi connectivity index (χ2n) is 5.28. The van der Waals surface area contributed by atoms with E-state index >= 15 is 0 Å². The summed E-state index contributed by atoms with van der Waals surface area (Å²) in [5.41, 5.74) is 1.10. The van der Waals surface area contributed by atoms with Gasteiger partial charge in [0, 0.05) is 6.54 Å². The first-order chi connectivity index (χ1) is 11.2. The number of thiophene rings is 1. The summed E-state index contributed by atoms with van der Waals surface area (Å²) in [5, 5.41) is 16.2. The molecule has 2 heterocycles. The lowest BCUT2D eigenvalue weighted by atomic mass is 10.1. The molecule has 5 nitrogen and oxygen atoms in total. The fourth-order valence-corrected chi connectivity index (χ4v) is 3.01. The van der Waals surface area contributed by atoms with Crippen molar-refractivity contribution >= 4 is 27.4 Å². The highest BCUT2D eigenvalue weighted by Crippen LogP contribution is 2.23. The van der Waals surface area contributed by atoms with Crippen molar-refractivity contribution in [3.8, 4) is 0 Å². The Bertz CT molecular complexity index is 748. The Hall–Kier alpha value is -2.02. The number of aliphatic hydroxyl groups excluding tert-OH is 1. The number of hydrogen-bond donors (Lipinski definition) is 2. The molecule has 2 atom stereocenters. The van der Waals surface area contributed by atoms with Gasteiger partial charge in [-0.2, -0.15) is 0 Å². The van der Waals surface area contributed by atoms with E-state index in [-0.39, 0.29) is 12.7 Å². The van der Waals surface area contributed by atoms with Crippen molar-refractivity contribution in [2.75, 3.05) is 18.5 Å². The molecular formula is C17H19N3O2S. The van der Waals surface area contributed by atoms with E-state index in [9.17, 15) is 5.11 Å². The molecule has 2 unspecified atom stereocenters. The monoisotopic (exact) mass is 329 g/mol. The van der Waals surface area contributed by atoms with Crippen LogP contribution < -0.4 is 5.32 Å². The molecule has 0 aliphatic rings. The van der Waals surface area contributed by atoms with Gasteiger partial charge in [0.05, 0.1) is 24.2 Å². The van der Waals surface area contributed by atoms with Crippen LogP contribution in [0.3, 0.4) is 0 Å². The van der Waals surface area contributed by atoms with Gasteiger partial charge in [0.1, 0.15) is 17.0 Å². The maximum atomic E-state index is 10.1. The number of fused-ring (bicyclic) bond motifs is 1. The van der Waals surface area contributed by atoms with Crippen molar-refractivity contribution < 1.29 is 9.84 Å². The summed E-state index contributed by atoms with van der Waals surface area (Å²) < 4.78 is 5.73. The van der Waals surface area contributed by atoms with E-state index in [2.05, 4.69) is 15.3 Å². The first-order valence-electron chi connectivity index (χ1n) is 7.50. The molecule has 120 valence electrons. The highest BCUT2D eigenvalue weighted by Gasteiger charge is 2.11. The highest BCUT2D eigenvalue weighted by molar-refractivity contribution is 7.16. The largest absolute Gasteiger partial charge is 0.389 e. The van der Waals surface area contributed by atoms with Crippen molar-refractivity contribution in [3.05, 3.63) is 53.7 Å². The van der Waals surface area contributed by atoms with Gasteiger partial charge < -0.3 is 15.2 Å². The number of nitrogens with one attached hydrogen (secondary N) is 1. The number of aromatic nitrogens is 2. The highest BCUT2D eigenvalue weighted by atomic mass is 32.1. The number of nitrogens with zero attached hydrogens (tertiary/aromatic N) is 2. The summed E-state index contributed by atoms with van der Waals surface area (Å²) in [5.74, 6) is 0.742. The van der Waals surface area contributed by atoms with Crippen LogP contribution in [-0.2, 0) is 4.74 Å². The van der Waals surface area contributed by atoms with Crippen LogP contribution in [0.4, 0.5) is 5.82 Å². The predicted octanol–water partition coefficient (Wildman–Crippen LogP) is 3.24. The second kappa shape index (κ2) is 7.50. The van der Waals surface area contributed by atoms with E-state index in [1.54, 1.807) is 11.3 Å². The summed E-state index contributed by atoms with van der Waals surface area (Å²) in [7, 11) is 0. The molecule has 0 radical (unpaired) electrons. The molecule has 0 spiro atoms. The van der Waals surface area contributed by atoms with Crippen LogP contribution in [-0.4, -0.2) is 34.3 Å². The number of anilines is 1. The molecule has 0 amide bonds. The Balaban J connectivity index is 1.50. The third-order valence-electron chi connectivity index (χ3n) is 3.57. The maximum Gasteiger partial charge on any atom is 0.138 e. The molecule has 1 aromatic carbocycles. The lowest BCUT2D eigenvalue weighted by Crippen LogP contribution is -2.25. The zero-order valence-electron chi connectivity index (χ0n) is 12.8. The summed E-state index contributed by atoms with van der Waals surface area (Å²) in [6.45, 7) is 2.62. The summed E-state index contributed by atoms with van der Waals surface area (Å²) in [6.07, 6.45) is 0.875. The molecule has 0 aliphatic heterocycles. The minimum absolute atomic E-state index is 0.0477. The summed E-state index contributed by atoms with van der Waals surface area (Å²) in [6, 6.07) is 11.9.